The lowest BCUT2D eigenvalue weighted by atomic mass is 10.1. The third kappa shape index (κ3) is 4.51. The molecule has 0 spiro atoms. The summed E-state index contributed by atoms with van der Waals surface area (Å²) in [5, 5.41) is 30.4. The van der Waals surface area contributed by atoms with E-state index in [2.05, 4.69) is 15.4 Å². The van der Waals surface area contributed by atoms with Gasteiger partial charge in [0.1, 0.15) is 0 Å². The Morgan fingerprint density at radius 1 is 1.06 bits per heavy atom. The van der Waals surface area contributed by atoms with Gasteiger partial charge in [-0.1, -0.05) is 36.4 Å². The molecule has 0 saturated heterocycles. The van der Waals surface area contributed by atoms with E-state index in [9.17, 15) is 15.0 Å². The summed E-state index contributed by atoms with van der Waals surface area (Å²) in [6.07, 6.45) is 4.63. The van der Waals surface area contributed by atoms with Crippen LogP contribution in [0.15, 0.2) is 89.8 Å². The fourth-order valence-electron chi connectivity index (χ4n) is 4.16. The number of amides is 1. The molecular formula is C27H25N5O3. The summed E-state index contributed by atoms with van der Waals surface area (Å²) in [6, 6.07) is 20.4. The number of pyridine rings is 1. The van der Waals surface area contributed by atoms with Crippen molar-refractivity contribution in [2.45, 2.75) is 19.6 Å². The SMILES string of the molecule is CC1=NN(c2ccccc2)C(=O)C1=Cc1cn(CC(O)CNc2ncccc2O)c2ccccc12. The summed E-state index contributed by atoms with van der Waals surface area (Å²) in [7, 11) is 0. The first-order valence-electron chi connectivity index (χ1n) is 11.3. The van der Waals surface area contributed by atoms with E-state index in [1.807, 2.05) is 78.4 Å². The number of hydrazone groups is 1. The third-order valence-corrected chi connectivity index (χ3v) is 5.88. The van der Waals surface area contributed by atoms with Crippen molar-refractivity contribution < 1.29 is 15.0 Å². The molecule has 2 aromatic carbocycles. The minimum absolute atomic E-state index is 0.0304. The minimum atomic E-state index is -0.738. The molecule has 2 aromatic heterocycles. The number of aromatic nitrogens is 2. The summed E-state index contributed by atoms with van der Waals surface area (Å²) in [6.45, 7) is 2.36. The van der Waals surface area contributed by atoms with Gasteiger partial charge < -0.3 is 20.1 Å². The van der Waals surface area contributed by atoms with Gasteiger partial charge in [-0.15, -0.1) is 0 Å². The topological polar surface area (TPSA) is 103 Å². The van der Waals surface area contributed by atoms with Gasteiger partial charge in [-0.3, -0.25) is 4.79 Å². The molecule has 8 nitrogen and oxygen atoms in total. The lowest BCUT2D eigenvalue weighted by Crippen LogP contribution is -2.25. The molecule has 3 heterocycles. The molecule has 8 heteroatoms. The number of anilines is 2. The number of hydrogen-bond acceptors (Lipinski definition) is 6. The maximum Gasteiger partial charge on any atom is 0.280 e. The predicted molar refractivity (Wildman–Crippen MR) is 137 cm³/mol. The predicted octanol–water partition coefficient (Wildman–Crippen LogP) is 4.02. The molecule has 35 heavy (non-hydrogen) atoms. The second-order valence-corrected chi connectivity index (χ2v) is 8.36. The van der Waals surface area contributed by atoms with E-state index in [1.54, 1.807) is 12.3 Å². The fraction of sp³-hybridized carbons (Fsp3) is 0.148. The van der Waals surface area contributed by atoms with Crippen molar-refractivity contribution in [3.05, 3.63) is 90.3 Å². The van der Waals surface area contributed by atoms with E-state index in [0.717, 1.165) is 22.2 Å². The van der Waals surface area contributed by atoms with Crippen molar-refractivity contribution in [1.29, 1.82) is 0 Å². The Labute approximate surface area is 202 Å². The van der Waals surface area contributed by atoms with Gasteiger partial charge in [-0.2, -0.15) is 10.1 Å². The average Bonchev–Trinajstić information content (AvgIpc) is 3.36. The number of aliphatic hydroxyl groups excluding tert-OH is 1. The number of para-hydroxylation sites is 2. The first-order valence-corrected chi connectivity index (χ1v) is 11.3. The Morgan fingerprint density at radius 3 is 2.63 bits per heavy atom. The van der Waals surface area contributed by atoms with Crippen LogP contribution in [0.25, 0.3) is 17.0 Å². The van der Waals surface area contributed by atoms with E-state index in [1.165, 1.54) is 11.1 Å². The minimum Gasteiger partial charge on any atom is -0.504 e. The Kier molecular flexibility index (Phi) is 6.03. The smallest absolute Gasteiger partial charge is 0.280 e. The Morgan fingerprint density at radius 2 is 1.83 bits per heavy atom. The molecular weight excluding hydrogens is 442 g/mol. The van der Waals surface area contributed by atoms with Crippen molar-refractivity contribution in [3.8, 4) is 5.75 Å². The molecule has 0 radical (unpaired) electrons. The second kappa shape index (κ2) is 9.44. The van der Waals surface area contributed by atoms with Gasteiger partial charge >= 0.3 is 0 Å². The van der Waals surface area contributed by atoms with Crippen LogP contribution in [0.4, 0.5) is 11.5 Å². The summed E-state index contributed by atoms with van der Waals surface area (Å²) < 4.78 is 1.97. The summed E-state index contributed by atoms with van der Waals surface area (Å²) in [5.74, 6) is 0.180. The molecule has 1 amide bonds. The highest BCUT2D eigenvalue weighted by molar-refractivity contribution is 6.32. The maximum atomic E-state index is 13.2. The number of hydrogen-bond donors (Lipinski definition) is 3. The summed E-state index contributed by atoms with van der Waals surface area (Å²) in [5.41, 5.74) is 3.71. The van der Waals surface area contributed by atoms with Crippen molar-refractivity contribution in [2.75, 3.05) is 16.9 Å². The fourth-order valence-corrected chi connectivity index (χ4v) is 4.16. The van der Waals surface area contributed by atoms with Crippen LogP contribution in [0.3, 0.4) is 0 Å². The lowest BCUT2D eigenvalue weighted by molar-refractivity contribution is -0.114. The van der Waals surface area contributed by atoms with E-state index in [0.29, 0.717) is 23.6 Å². The number of nitrogens with zero attached hydrogens (tertiary/aromatic N) is 4. The highest BCUT2D eigenvalue weighted by atomic mass is 16.3. The van der Waals surface area contributed by atoms with Crippen LogP contribution >= 0.6 is 0 Å². The molecule has 5 rings (SSSR count). The average molecular weight is 468 g/mol. The van der Waals surface area contributed by atoms with Gasteiger partial charge in [0, 0.05) is 35.4 Å². The molecule has 0 fully saturated rings. The molecule has 3 N–H and O–H groups in total. The molecule has 1 atom stereocenters. The monoisotopic (exact) mass is 467 g/mol. The van der Waals surface area contributed by atoms with Crippen LogP contribution in [-0.4, -0.2) is 44.0 Å². The number of nitrogens with one attached hydrogen (secondary N) is 1. The largest absolute Gasteiger partial charge is 0.504 e. The van der Waals surface area contributed by atoms with Crippen molar-refractivity contribution in [1.82, 2.24) is 9.55 Å². The zero-order valence-corrected chi connectivity index (χ0v) is 19.2. The number of rotatable bonds is 7. The maximum absolute atomic E-state index is 13.2. The van der Waals surface area contributed by atoms with E-state index < -0.39 is 6.10 Å². The molecule has 0 saturated carbocycles. The number of fused-ring (bicyclic) bond motifs is 1. The highest BCUT2D eigenvalue weighted by Gasteiger charge is 2.29. The Bertz CT molecular complexity index is 1440. The van der Waals surface area contributed by atoms with Gasteiger partial charge in [-0.05, 0) is 43.3 Å². The number of carbonyl (C=O) groups excluding carboxylic acids is 1. The number of carbonyl (C=O) groups is 1. The zero-order chi connectivity index (χ0) is 24.4. The molecule has 176 valence electrons. The van der Waals surface area contributed by atoms with E-state index in [-0.39, 0.29) is 18.2 Å². The third-order valence-electron chi connectivity index (χ3n) is 5.88. The Balaban J connectivity index is 1.39. The van der Waals surface area contributed by atoms with Crippen LogP contribution in [-0.2, 0) is 11.3 Å². The van der Waals surface area contributed by atoms with E-state index in [4.69, 9.17) is 0 Å². The van der Waals surface area contributed by atoms with Gasteiger partial charge in [0.2, 0.25) is 0 Å². The first kappa shape index (κ1) is 22.4. The molecule has 1 aliphatic rings. The van der Waals surface area contributed by atoms with Crippen LogP contribution in [0.1, 0.15) is 12.5 Å². The molecule has 1 aliphatic heterocycles. The van der Waals surface area contributed by atoms with E-state index >= 15 is 0 Å². The number of aromatic hydroxyl groups is 1. The van der Waals surface area contributed by atoms with Crippen LogP contribution < -0.4 is 10.3 Å². The van der Waals surface area contributed by atoms with Crippen LogP contribution in [0.2, 0.25) is 0 Å². The molecule has 0 bridgehead atoms. The molecule has 4 aromatic rings. The van der Waals surface area contributed by atoms with Crippen LogP contribution in [0.5, 0.6) is 5.75 Å². The van der Waals surface area contributed by atoms with Gasteiger partial charge in [0.15, 0.2) is 11.6 Å². The molecule has 0 aliphatic carbocycles. The van der Waals surface area contributed by atoms with Crippen molar-refractivity contribution in [3.63, 3.8) is 0 Å². The lowest BCUT2D eigenvalue weighted by Gasteiger charge is -2.14. The Hall–Kier alpha value is -4.43. The summed E-state index contributed by atoms with van der Waals surface area (Å²) >= 11 is 0. The van der Waals surface area contributed by atoms with Gasteiger partial charge in [0.25, 0.3) is 5.91 Å². The first-order chi connectivity index (χ1) is 17.0. The number of benzene rings is 2. The van der Waals surface area contributed by atoms with Crippen molar-refractivity contribution >= 4 is 40.1 Å². The normalized spacial score (nSPS) is 15.6. The number of aliphatic hydroxyl groups is 1. The summed E-state index contributed by atoms with van der Waals surface area (Å²) in [4.78, 5) is 17.2. The standard InChI is InChI=1S/C27H25N5O3/c1-18-23(27(35)32(30-18)20-8-3-2-4-9-20)14-19-16-31(24-11-6-5-10-22(19)24)17-21(33)15-29-26-25(34)12-7-13-28-26/h2-14,16,21,33-34H,15,17H2,1H3,(H,28,29). The van der Waals surface area contributed by atoms with Crippen LogP contribution in [0, 0.1) is 0 Å². The van der Waals surface area contributed by atoms with Gasteiger partial charge in [0.05, 0.1) is 29.6 Å². The second-order valence-electron chi connectivity index (χ2n) is 8.36. The highest BCUT2D eigenvalue weighted by Crippen LogP contribution is 2.28. The quantitative estimate of drug-likeness (QED) is 0.356. The zero-order valence-electron chi connectivity index (χ0n) is 19.2. The van der Waals surface area contributed by atoms with Gasteiger partial charge in [-0.25, -0.2) is 4.98 Å². The van der Waals surface area contributed by atoms with Crippen molar-refractivity contribution in [2.24, 2.45) is 5.10 Å². The molecule has 1 unspecified atom stereocenters.